The Morgan fingerprint density at radius 1 is 1.30 bits per heavy atom. The predicted molar refractivity (Wildman–Crippen MR) is 106 cm³/mol. The van der Waals surface area contributed by atoms with Crippen molar-refractivity contribution in [1.82, 2.24) is 9.88 Å². The van der Waals surface area contributed by atoms with Crippen LogP contribution in [0, 0.1) is 11.3 Å². The van der Waals surface area contributed by atoms with Crippen LogP contribution >= 0.6 is 0 Å². The zero-order chi connectivity index (χ0) is 19.4. The van der Waals surface area contributed by atoms with Gasteiger partial charge in [0, 0.05) is 30.8 Å². The van der Waals surface area contributed by atoms with Crippen molar-refractivity contribution in [3.8, 4) is 28.7 Å². The van der Waals surface area contributed by atoms with E-state index in [-0.39, 0.29) is 0 Å². The zero-order valence-electron chi connectivity index (χ0n) is 16.2. The van der Waals surface area contributed by atoms with Crippen LogP contribution in [0.3, 0.4) is 0 Å². The Bertz CT molecular complexity index is 873. The summed E-state index contributed by atoms with van der Waals surface area (Å²) in [5.74, 6) is 1.62. The van der Waals surface area contributed by atoms with Gasteiger partial charge in [0.25, 0.3) is 0 Å². The fourth-order valence-electron chi connectivity index (χ4n) is 3.67. The number of anilines is 1. The second-order valence-corrected chi connectivity index (χ2v) is 6.61. The van der Waals surface area contributed by atoms with Crippen molar-refractivity contribution < 1.29 is 9.47 Å². The molecule has 0 radical (unpaired) electrons. The van der Waals surface area contributed by atoms with Crippen molar-refractivity contribution in [3.63, 3.8) is 0 Å². The molecule has 0 saturated heterocycles. The van der Waals surface area contributed by atoms with Gasteiger partial charge in [-0.05, 0) is 43.1 Å². The maximum atomic E-state index is 9.76. The van der Waals surface area contributed by atoms with E-state index in [9.17, 15) is 5.26 Å². The minimum atomic E-state index is 0.294. The van der Waals surface area contributed by atoms with Gasteiger partial charge >= 0.3 is 0 Å². The summed E-state index contributed by atoms with van der Waals surface area (Å²) in [7, 11) is 1.62. The summed E-state index contributed by atoms with van der Waals surface area (Å²) in [6.07, 6.45) is 1.93. The standard InChI is InChI=1S/C21H26N4O2/c1-4-9-25-10-8-17-16(13-25)20(15(12-22)21(23)24-17)14-6-7-18(27-5-2)19(11-14)26-3/h6-7,11H,4-5,8-10,13H2,1-3H3,(H2,23,24). The maximum Gasteiger partial charge on any atom is 0.161 e. The van der Waals surface area contributed by atoms with E-state index in [2.05, 4.69) is 22.9 Å². The number of methoxy groups -OCH3 is 1. The Kier molecular flexibility index (Phi) is 5.82. The van der Waals surface area contributed by atoms with Gasteiger partial charge < -0.3 is 15.2 Å². The molecule has 6 nitrogen and oxygen atoms in total. The molecular weight excluding hydrogens is 340 g/mol. The normalized spacial score (nSPS) is 13.7. The molecule has 0 bridgehead atoms. The summed E-state index contributed by atoms with van der Waals surface area (Å²) in [6.45, 7) is 7.43. The molecule has 1 aliphatic rings. The number of rotatable bonds is 6. The third-order valence-electron chi connectivity index (χ3n) is 4.86. The quantitative estimate of drug-likeness (QED) is 0.844. The Hall–Kier alpha value is -2.78. The van der Waals surface area contributed by atoms with Crippen LogP contribution in [0.4, 0.5) is 5.82 Å². The zero-order valence-corrected chi connectivity index (χ0v) is 16.2. The Morgan fingerprint density at radius 2 is 2.11 bits per heavy atom. The van der Waals surface area contributed by atoms with Crippen LogP contribution < -0.4 is 15.2 Å². The highest BCUT2D eigenvalue weighted by Crippen LogP contribution is 2.39. The summed E-state index contributed by atoms with van der Waals surface area (Å²) in [5, 5.41) is 9.76. The van der Waals surface area contributed by atoms with Crippen LogP contribution in [-0.2, 0) is 13.0 Å². The first-order valence-corrected chi connectivity index (χ1v) is 9.37. The molecule has 1 aromatic carbocycles. The SMILES string of the molecule is CCCN1CCc2nc(N)c(C#N)c(-c3ccc(OCC)c(OC)c3)c2C1. The molecule has 1 aromatic heterocycles. The fourth-order valence-corrected chi connectivity index (χ4v) is 3.67. The second kappa shape index (κ2) is 8.28. The first-order valence-electron chi connectivity index (χ1n) is 9.37. The van der Waals surface area contributed by atoms with Crippen LogP contribution in [0.25, 0.3) is 11.1 Å². The smallest absolute Gasteiger partial charge is 0.161 e. The molecular formula is C21H26N4O2. The minimum Gasteiger partial charge on any atom is -0.493 e. The van der Waals surface area contributed by atoms with Gasteiger partial charge in [-0.25, -0.2) is 4.98 Å². The molecule has 27 heavy (non-hydrogen) atoms. The Balaban J connectivity index is 2.17. The number of nitrogen functional groups attached to an aromatic ring is 1. The monoisotopic (exact) mass is 366 g/mol. The first kappa shape index (κ1) is 19.0. The van der Waals surface area contributed by atoms with E-state index in [0.717, 1.165) is 54.9 Å². The highest BCUT2D eigenvalue weighted by atomic mass is 16.5. The largest absolute Gasteiger partial charge is 0.493 e. The number of nitrogens with two attached hydrogens (primary N) is 1. The number of aromatic nitrogens is 1. The van der Waals surface area contributed by atoms with E-state index in [1.165, 1.54) is 0 Å². The van der Waals surface area contributed by atoms with Crippen molar-refractivity contribution >= 4 is 5.82 Å². The van der Waals surface area contributed by atoms with Crippen LogP contribution in [0.15, 0.2) is 18.2 Å². The van der Waals surface area contributed by atoms with E-state index in [1.807, 2.05) is 25.1 Å². The number of pyridine rings is 1. The van der Waals surface area contributed by atoms with E-state index >= 15 is 0 Å². The number of benzene rings is 1. The molecule has 0 aliphatic carbocycles. The predicted octanol–water partition coefficient (Wildman–Crippen LogP) is 3.38. The molecule has 0 spiro atoms. The van der Waals surface area contributed by atoms with E-state index in [0.29, 0.717) is 29.5 Å². The highest BCUT2D eigenvalue weighted by molar-refractivity contribution is 5.80. The lowest BCUT2D eigenvalue weighted by atomic mass is 9.91. The minimum absolute atomic E-state index is 0.294. The molecule has 2 heterocycles. The highest BCUT2D eigenvalue weighted by Gasteiger charge is 2.25. The second-order valence-electron chi connectivity index (χ2n) is 6.61. The van der Waals surface area contributed by atoms with E-state index < -0.39 is 0 Å². The molecule has 1 aliphatic heterocycles. The average Bonchev–Trinajstić information content (AvgIpc) is 2.68. The first-order chi connectivity index (χ1) is 13.1. The third kappa shape index (κ3) is 3.69. The van der Waals surface area contributed by atoms with Gasteiger partial charge in [-0.15, -0.1) is 0 Å². The fraction of sp³-hybridized carbons (Fsp3) is 0.429. The van der Waals surface area contributed by atoms with Crippen molar-refractivity contribution in [2.45, 2.75) is 33.2 Å². The van der Waals surface area contributed by atoms with Crippen molar-refractivity contribution in [1.29, 1.82) is 5.26 Å². The average molecular weight is 366 g/mol. The number of hydrogen-bond acceptors (Lipinski definition) is 6. The van der Waals surface area contributed by atoms with Gasteiger partial charge in [-0.1, -0.05) is 13.0 Å². The number of hydrogen-bond donors (Lipinski definition) is 1. The van der Waals surface area contributed by atoms with E-state index in [1.54, 1.807) is 7.11 Å². The molecule has 3 rings (SSSR count). The van der Waals surface area contributed by atoms with Crippen molar-refractivity contribution in [2.24, 2.45) is 0 Å². The Morgan fingerprint density at radius 3 is 2.78 bits per heavy atom. The third-order valence-corrected chi connectivity index (χ3v) is 4.86. The van der Waals surface area contributed by atoms with Gasteiger partial charge in [-0.3, -0.25) is 4.90 Å². The molecule has 0 saturated carbocycles. The van der Waals surface area contributed by atoms with Crippen molar-refractivity contribution in [2.75, 3.05) is 32.5 Å². The molecule has 2 aromatic rings. The molecule has 6 heteroatoms. The van der Waals surface area contributed by atoms with Crippen molar-refractivity contribution in [3.05, 3.63) is 35.0 Å². The van der Waals surface area contributed by atoms with Crippen LogP contribution in [-0.4, -0.2) is 36.7 Å². The molecule has 0 amide bonds. The molecule has 2 N–H and O–H groups in total. The van der Waals surface area contributed by atoms with Crippen LogP contribution in [0.5, 0.6) is 11.5 Å². The van der Waals surface area contributed by atoms with Gasteiger partial charge in [0.1, 0.15) is 17.5 Å². The molecule has 0 fully saturated rings. The summed E-state index contributed by atoms with van der Waals surface area (Å²) in [6, 6.07) is 8.02. The lowest BCUT2D eigenvalue weighted by molar-refractivity contribution is 0.253. The summed E-state index contributed by atoms with van der Waals surface area (Å²) in [5.41, 5.74) is 10.4. The van der Waals surface area contributed by atoms with Crippen LogP contribution in [0.1, 0.15) is 37.1 Å². The summed E-state index contributed by atoms with van der Waals surface area (Å²) in [4.78, 5) is 6.93. The lowest BCUT2D eigenvalue weighted by Gasteiger charge is -2.30. The van der Waals surface area contributed by atoms with Gasteiger partial charge in [0.05, 0.1) is 13.7 Å². The Labute approximate surface area is 160 Å². The number of fused-ring (bicyclic) bond motifs is 1. The lowest BCUT2D eigenvalue weighted by Crippen LogP contribution is -2.32. The van der Waals surface area contributed by atoms with Gasteiger partial charge in [0.15, 0.2) is 11.5 Å². The molecule has 142 valence electrons. The molecule has 0 unspecified atom stereocenters. The van der Waals surface area contributed by atoms with Gasteiger partial charge in [-0.2, -0.15) is 5.26 Å². The van der Waals surface area contributed by atoms with E-state index in [4.69, 9.17) is 15.2 Å². The summed E-state index contributed by atoms with van der Waals surface area (Å²) >= 11 is 0. The number of nitrogens with zero attached hydrogens (tertiary/aromatic N) is 3. The maximum absolute atomic E-state index is 9.76. The number of ether oxygens (including phenoxy) is 2. The summed E-state index contributed by atoms with van der Waals surface area (Å²) < 4.78 is 11.1. The van der Waals surface area contributed by atoms with Crippen LogP contribution in [0.2, 0.25) is 0 Å². The molecule has 0 atom stereocenters. The van der Waals surface area contributed by atoms with Gasteiger partial charge in [0.2, 0.25) is 0 Å². The number of nitriles is 1. The topological polar surface area (TPSA) is 84.4 Å².